The van der Waals surface area contributed by atoms with E-state index in [9.17, 15) is 0 Å². The number of fused-ring (bicyclic) bond motifs is 2. The molecule has 0 saturated heterocycles. The average Bonchev–Trinajstić information content (AvgIpc) is 3.24. The van der Waals surface area contributed by atoms with Crippen LogP contribution in [0.1, 0.15) is 0 Å². The zero-order valence-corrected chi connectivity index (χ0v) is 15.4. The molecule has 0 amide bonds. The first-order valence-corrected chi connectivity index (χ1v) is 9.30. The Labute approximate surface area is 161 Å². The van der Waals surface area contributed by atoms with Gasteiger partial charge in [0.15, 0.2) is 0 Å². The summed E-state index contributed by atoms with van der Waals surface area (Å²) in [6.45, 7) is 0. The summed E-state index contributed by atoms with van der Waals surface area (Å²) in [6, 6.07) is 17.3. The number of aromatic nitrogens is 5. The average molecular weight is 398 g/mol. The molecule has 126 valence electrons. The molecular formula is C18H9Cl2N5S. The molecule has 0 bridgehead atoms. The molecule has 2 aromatic carbocycles. The van der Waals surface area contributed by atoms with Crippen LogP contribution in [-0.4, -0.2) is 24.8 Å². The maximum atomic E-state index is 6.12. The second-order valence-electron chi connectivity index (χ2n) is 5.64. The predicted molar refractivity (Wildman–Crippen MR) is 105 cm³/mol. The lowest BCUT2D eigenvalue weighted by atomic mass is 10.2. The minimum Gasteiger partial charge on any atom is -0.244 e. The van der Waals surface area contributed by atoms with E-state index in [0.29, 0.717) is 20.8 Å². The molecule has 0 unspecified atom stereocenters. The van der Waals surface area contributed by atoms with Crippen molar-refractivity contribution in [2.75, 3.05) is 0 Å². The van der Waals surface area contributed by atoms with Gasteiger partial charge in [0.2, 0.25) is 10.8 Å². The van der Waals surface area contributed by atoms with Crippen molar-refractivity contribution in [1.29, 1.82) is 0 Å². The molecule has 5 nitrogen and oxygen atoms in total. The van der Waals surface area contributed by atoms with Crippen LogP contribution in [0.5, 0.6) is 0 Å². The lowest BCUT2D eigenvalue weighted by Gasteiger charge is -2.00. The topological polar surface area (TPSA) is 56.0 Å². The van der Waals surface area contributed by atoms with Crippen LogP contribution in [0.2, 0.25) is 10.0 Å². The van der Waals surface area contributed by atoms with Crippen LogP contribution in [0, 0.1) is 0 Å². The van der Waals surface area contributed by atoms with Gasteiger partial charge in [0, 0.05) is 10.9 Å². The van der Waals surface area contributed by atoms with Gasteiger partial charge in [-0.05, 0) is 24.3 Å². The van der Waals surface area contributed by atoms with Gasteiger partial charge in [-0.25, -0.2) is 4.98 Å². The molecule has 0 fully saturated rings. The van der Waals surface area contributed by atoms with Crippen molar-refractivity contribution in [3.8, 4) is 22.1 Å². The Balaban J connectivity index is 1.64. The molecule has 0 spiro atoms. The molecule has 0 atom stereocenters. The van der Waals surface area contributed by atoms with E-state index in [1.54, 1.807) is 16.6 Å². The molecule has 0 radical (unpaired) electrons. The lowest BCUT2D eigenvalue weighted by molar-refractivity contribution is 0.964. The summed E-state index contributed by atoms with van der Waals surface area (Å²) in [5.41, 5.74) is 2.51. The first-order chi connectivity index (χ1) is 12.7. The number of nitrogens with zero attached hydrogens (tertiary/aromatic N) is 5. The quantitative estimate of drug-likeness (QED) is 0.401. The van der Waals surface area contributed by atoms with Crippen molar-refractivity contribution in [3.63, 3.8) is 0 Å². The first kappa shape index (κ1) is 15.7. The molecule has 8 heteroatoms. The van der Waals surface area contributed by atoms with Crippen molar-refractivity contribution in [1.82, 2.24) is 24.8 Å². The fourth-order valence-corrected chi connectivity index (χ4v) is 3.85. The Bertz CT molecular complexity index is 1280. The van der Waals surface area contributed by atoms with Crippen LogP contribution >= 0.6 is 34.5 Å². The zero-order chi connectivity index (χ0) is 17.7. The van der Waals surface area contributed by atoms with Gasteiger partial charge in [-0.15, -0.1) is 10.2 Å². The van der Waals surface area contributed by atoms with Crippen molar-refractivity contribution >= 4 is 50.4 Å². The standard InChI is InChI=1S/C18H9Cl2N5S/c19-12-7-5-11(9-13(12)20)17-24-25-16(22-23-18(25)26-17)15-8-6-10-3-1-2-4-14(10)21-15/h1-9H. The molecule has 3 heterocycles. The van der Waals surface area contributed by atoms with Crippen LogP contribution in [0.15, 0.2) is 54.6 Å². The zero-order valence-electron chi connectivity index (χ0n) is 13.1. The van der Waals surface area contributed by atoms with Crippen LogP contribution in [0.3, 0.4) is 0 Å². The smallest absolute Gasteiger partial charge is 0.235 e. The van der Waals surface area contributed by atoms with Crippen LogP contribution in [-0.2, 0) is 0 Å². The van der Waals surface area contributed by atoms with Gasteiger partial charge in [0.25, 0.3) is 0 Å². The van der Waals surface area contributed by atoms with Crippen LogP contribution < -0.4 is 0 Å². The molecular weight excluding hydrogens is 389 g/mol. The number of halogens is 2. The van der Waals surface area contributed by atoms with Gasteiger partial charge >= 0.3 is 0 Å². The highest BCUT2D eigenvalue weighted by Crippen LogP contribution is 2.32. The molecule has 5 rings (SSSR count). The number of hydrogen-bond acceptors (Lipinski definition) is 5. The molecule has 0 saturated carbocycles. The van der Waals surface area contributed by atoms with E-state index >= 15 is 0 Å². The van der Waals surface area contributed by atoms with Crippen molar-refractivity contribution in [2.45, 2.75) is 0 Å². The number of para-hydroxylation sites is 1. The summed E-state index contributed by atoms with van der Waals surface area (Å²) in [5.74, 6) is 0.605. The van der Waals surface area contributed by atoms with E-state index in [2.05, 4.69) is 20.3 Å². The predicted octanol–water partition coefficient (Wildman–Crippen LogP) is 5.37. The summed E-state index contributed by atoms with van der Waals surface area (Å²) in [7, 11) is 0. The number of pyridine rings is 1. The van der Waals surface area contributed by atoms with Gasteiger partial charge in [0.1, 0.15) is 10.7 Å². The number of benzene rings is 2. The molecule has 3 aromatic heterocycles. The first-order valence-electron chi connectivity index (χ1n) is 7.73. The maximum absolute atomic E-state index is 6.12. The molecule has 26 heavy (non-hydrogen) atoms. The van der Waals surface area contributed by atoms with Gasteiger partial charge in [-0.1, -0.05) is 64.9 Å². The van der Waals surface area contributed by atoms with E-state index in [1.165, 1.54) is 11.3 Å². The lowest BCUT2D eigenvalue weighted by Crippen LogP contribution is -1.93. The molecule has 5 aromatic rings. The highest BCUT2D eigenvalue weighted by molar-refractivity contribution is 7.19. The van der Waals surface area contributed by atoms with E-state index in [4.69, 9.17) is 23.2 Å². The minimum atomic E-state index is 0.492. The van der Waals surface area contributed by atoms with Crippen molar-refractivity contribution in [2.24, 2.45) is 0 Å². The van der Waals surface area contributed by atoms with E-state index in [0.717, 1.165) is 27.2 Å². The normalized spacial score (nSPS) is 11.5. The second kappa shape index (κ2) is 6.02. The minimum absolute atomic E-state index is 0.492. The van der Waals surface area contributed by atoms with E-state index in [-0.39, 0.29) is 0 Å². The van der Waals surface area contributed by atoms with Gasteiger partial charge in [-0.2, -0.15) is 9.61 Å². The largest absolute Gasteiger partial charge is 0.244 e. The van der Waals surface area contributed by atoms with E-state index in [1.807, 2.05) is 42.5 Å². The molecule has 0 aliphatic rings. The summed E-state index contributed by atoms with van der Waals surface area (Å²) in [6.07, 6.45) is 0. The summed E-state index contributed by atoms with van der Waals surface area (Å²) >= 11 is 13.5. The number of hydrogen-bond donors (Lipinski definition) is 0. The van der Waals surface area contributed by atoms with Crippen molar-refractivity contribution in [3.05, 3.63) is 64.6 Å². The van der Waals surface area contributed by atoms with Crippen LogP contribution in [0.25, 0.3) is 38.0 Å². The SMILES string of the molecule is Clc1ccc(-c2nn3c(-c4ccc5ccccc5n4)nnc3s2)cc1Cl. The van der Waals surface area contributed by atoms with Gasteiger partial charge < -0.3 is 0 Å². The highest BCUT2D eigenvalue weighted by atomic mass is 35.5. The Morgan fingerprint density at radius 3 is 2.65 bits per heavy atom. The fraction of sp³-hybridized carbons (Fsp3) is 0. The summed E-state index contributed by atoms with van der Waals surface area (Å²) < 4.78 is 1.71. The Hall–Kier alpha value is -2.54. The van der Waals surface area contributed by atoms with Crippen molar-refractivity contribution < 1.29 is 0 Å². The summed E-state index contributed by atoms with van der Waals surface area (Å²) in [5, 5.41) is 16.0. The van der Waals surface area contributed by atoms with E-state index < -0.39 is 0 Å². The second-order valence-corrected chi connectivity index (χ2v) is 7.41. The Kier molecular flexibility index (Phi) is 3.63. The van der Waals surface area contributed by atoms with Gasteiger partial charge in [-0.3, -0.25) is 0 Å². The van der Waals surface area contributed by atoms with Crippen LogP contribution in [0.4, 0.5) is 0 Å². The highest BCUT2D eigenvalue weighted by Gasteiger charge is 2.16. The molecule has 0 aliphatic carbocycles. The summed E-state index contributed by atoms with van der Waals surface area (Å²) in [4.78, 5) is 5.37. The Morgan fingerprint density at radius 2 is 1.77 bits per heavy atom. The monoisotopic (exact) mass is 397 g/mol. The van der Waals surface area contributed by atoms with Gasteiger partial charge in [0.05, 0.1) is 15.6 Å². The third kappa shape index (κ3) is 2.54. The molecule has 0 N–H and O–H groups in total. The third-order valence-electron chi connectivity index (χ3n) is 3.98. The number of rotatable bonds is 2. The molecule has 0 aliphatic heterocycles. The Morgan fingerprint density at radius 1 is 0.885 bits per heavy atom. The fourth-order valence-electron chi connectivity index (χ4n) is 2.71. The maximum Gasteiger partial charge on any atom is 0.235 e. The third-order valence-corrected chi connectivity index (χ3v) is 5.67.